The second-order valence-electron chi connectivity index (χ2n) is 4.26. The van der Waals surface area contributed by atoms with Crippen molar-refractivity contribution >= 4 is 37.8 Å². The molecule has 0 atom stereocenters. The third-order valence-corrected chi connectivity index (χ3v) is 4.26. The van der Waals surface area contributed by atoms with Gasteiger partial charge in [-0.15, -0.1) is 4.83 Å². The summed E-state index contributed by atoms with van der Waals surface area (Å²) in [6, 6.07) is 5.97. The molecule has 0 spiro atoms. The maximum absolute atomic E-state index is 11.9. The van der Waals surface area contributed by atoms with Gasteiger partial charge in [0.05, 0.1) is 4.90 Å². The zero-order chi connectivity index (χ0) is 14.8. The highest BCUT2D eigenvalue weighted by Crippen LogP contribution is 2.18. The van der Waals surface area contributed by atoms with Crippen LogP contribution < -0.4 is 15.6 Å². The first kappa shape index (κ1) is 14.9. The van der Waals surface area contributed by atoms with Crippen molar-refractivity contribution in [2.24, 2.45) is 0 Å². The van der Waals surface area contributed by atoms with Crippen molar-refractivity contribution in [3.63, 3.8) is 0 Å². The number of halogens is 1. The Kier molecular flexibility index (Phi) is 4.41. The van der Waals surface area contributed by atoms with Gasteiger partial charge < -0.3 is 5.32 Å². The Balaban J connectivity index is 1.94. The van der Waals surface area contributed by atoms with E-state index in [1.165, 1.54) is 12.1 Å². The van der Waals surface area contributed by atoms with E-state index in [0.29, 0.717) is 4.47 Å². The Hall–Kier alpha value is -1.45. The molecule has 1 aliphatic carbocycles. The minimum absolute atomic E-state index is 0.0231. The van der Waals surface area contributed by atoms with Crippen molar-refractivity contribution in [1.82, 2.24) is 15.6 Å². The van der Waals surface area contributed by atoms with E-state index in [2.05, 4.69) is 21.2 Å². The zero-order valence-corrected chi connectivity index (χ0v) is 12.6. The highest BCUT2D eigenvalue weighted by Gasteiger charge is 2.27. The second kappa shape index (κ2) is 5.90. The van der Waals surface area contributed by atoms with E-state index in [-0.39, 0.29) is 10.9 Å². The number of hydrazine groups is 1. The van der Waals surface area contributed by atoms with E-state index in [1.807, 2.05) is 10.3 Å². The number of nitrogens with one attached hydrogen (secondary N) is 3. The van der Waals surface area contributed by atoms with Crippen LogP contribution in [0.1, 0.15) is 12.8 Å². The van der Waals surface area contributed by atoms with Crippen molar-refractivity contribution < 1.29 is 18.0 Å². The summed E-state index contributed by atoms with van der Waals surface area (Å²) in [7, 11) is -3.92. The number of amides is 2. The zero-order valence-electron chi connectivity index (χ0n) is 10.2. The van der Waals surface area contributed by atoms with Gasteiger partial charge in [-0.25, -0.2) is 8.42 Å². The lowest BCUT2D eigenvalue weighted by atomic mass is 10.4. The summed E-state index contributed by atoms with van der Waals surface area (Å²) in [6.07, 6.45) is 1.67. The summed E-state index contributed by atoms with van der Waals surface area (Å²) in [5.41, 5.74) is 1.87. The van der Waals surface area contributed by atoms with Gasteiger partial charge in [-0.2, -0.15) is 0 Å². The molecule has 7 nitrogen and oxygen atoms in total. The molecule has 1 aliphatic rings. The van der Waals surface area contributed by atoms with Gasteiger partial charge in [0.1, 0.15) is 0 Å². The minimum Gasteiger partial charge on any atom is -0.345 e. The molecular formula is C11H12BrN3O4S. The normalized spacial score (nSPS) is 14.7. The van der Waals surface area contributed by atoms with Crippen molar-refractivity contribution in [1.29, 1.82) is 0 Å². The molecule has 9 heteroatoms. The molecule has 1 fully saturated rings. The van der Waals surface area contributed by atoms with Crippen LogP contribution in [0.25, 0.3) is 0 Å². The van der Waals surface area contributed by atoms with Crippen LogP contribution >= 0.6 is 15.9 Å². The summed E-state index contributed by atoms with van der Waals surface area (Å²) in [5.74, 6) is -1.90. The van der Waals surface area contributed by atoms with Crippen LogP contribution in [0.15, 0.2) is 33.6 Å². The molecule has 108 valence electrons. The molecule has 20 heavy (non-hydrogen) atoms. The molecule has 1 aromatic carbocycles. The van der Waals surface area contributed by atoms with Crippen LogP contribution in [0.2, 0.25) is 0 Å². The van der Waals surface area contributed by atoms with Crippen molar-refractivity contribution in [3.8, 4) is 0 Å². The Morgan fingerprint density at radius 1 is 1.20 bits per heavy atom. The highest BCUT2D eigenvalue weighted by molar-refractivity contribution is 9.10. The Morgan fingerprint density at radius 2 is 1.90 bits per heavy atom. The smallest absolute Gasteiger partial charge is 0.324 e. The topological polar surface area (TPSA) is 104 Å². The molecule has 0 radical (unpaired) electrons. The van der Waals surface area contributed by atoms with Crippen molar-refractivity contribution in [3.05, 3.63) is 28.7 Å². The predicted octanol–water partition coefficient (Wildman–Crippen LogP) is 0.0372. The lowest BCUT2D eigenvalue weighted by molar-refractivity contribution is -0.139. The van der Waals surface area contributed by atoms with E-state index < -0.39 is 21.8 Å². The van der Waals surface area contributed by atoms with Crippen LogP contribution in [0, 0.1) is 0 Å². The van der Waals surface area contributed by atoms with Crippen LogP contribution in [0.4, 0.5) is 0 Å². The number of carbonyl (C=O) groups is 2. The maximum Gasteiger partial charge on any atom is 0.324 e. The van der Waals surface area contributed by atoms with Gasteiger partial charge in [0.2, 0.25) is 0 Å². The standard InChI is InChI=1S/C11H12BrN3O4S/c12-7-2-1-3-9(6-7)20(18,19)15-14-11(17)10(16)13-8-4-5-8/h1-3,6,8,15H,4-5H2,(H,13,16)(H,14,17). The van der Waals surface area contributed by atoms with Crippen LogP contribution in [-0.2, 0) is 19.6 Å². The van der Waals surface area contributed by atoms with E-state index >= 15 is 0 Å². The SMILES string of the molecule is O=C(NNS(=O)(=O)c1cccc(Br)c1)C(=O)NC1CC1. The van der Waals surface area contributed by atoms with Crippen LogP contribution in [-0.4, -0.2) is 26.3 Å². The van der Waals surface area contributed by atoms with Crippen molar-refractivity contribution in [2.45, 2.75) is 23.8 Å². The number of carbonyl (C=O) groups excluding carboxylic acids is 2. The highest BCUT2D eigenvalue weighted by atomic mass is 79.9. The number of hydrogen-bond acceptors (Lipinski definition) is 4. The van der Waals surface area contributed by atoms with E-state index in [9.17, 15) is 18.0 Å². The third-order valence-electron chi connectivity index (χ3n) is 2.52. The summed E-state index contributed by atoms with van der Waals surface area (Å²) >= 11 is 3.15. The molecule has 0 unspecified atom stereocenters. The van der Waals surface area contributed by atoms with Gasteiger partial charge in [0.15, 0.2) is 0 Å². The molecule has 0 bridgehead atoms. The van der Waals surface area contributed by atoms with Gasteiger partial charge in [0.25, 0.3) is 10.0 Å². The minimum atomic E-state index is -3.92. The van der Waals surface area contributed by atoms with Gasteiger partial charge in [-0.3, -0.25) is 15.0 Å². The average molecular weight is 362 g/mol. The van der Waals surface area contributed by atoms with Gasteiger partial charge in [0, 0.05) is 10.5 Å². The van der Waals surface area contributed by atoms with E-state index in [0.717, 1.165) is 12.8 Å². The molecule has 2 rings (SSSR count). The van der Waals surface area contributed by atoms with Crippen LogP contribution in [0.5, 0.6) is 0 Å². The summed E-state index contributed by atoms with van der Waals surface area (Å²) < 4.78 is 24.3. The largest absolute Gasteiger partial charge is 0.345 e. The molecular weight excluding hydrogens is 350 g/mol. The quantitative estimate of drug-likeness (QED) is 0.520. The first-order valence-corrected chi connectivity index (χ1v) is 8.04. The molecule has 3 N–H and O–H groups in total. The number of rotatable bonds is 4. The molecule has 1 saturated carbocycles. The number of sulfonamides is 1. The third kappa shape index (κ3) is 4.02. The molecule has 0 heterocycles. The summed E-state index contributed by atoms with van der Waals surface area (Å²) in [5, 5.41) is 2.45. The van der Waals surface area contributed by atoms with Crippen molar-refractivity contribution in [2.75, 3.05) is 0 Å². The average Bonchev–Trinajstić information content (AvgIpc) is 3.20. The lowest BCUT2D eigenvalue weighted by Gasteiger charge is -2.08. The second-order valence-corrected chi connectivity index (χ2v) is 6.86. The summed E-state index contributed by atoms with van der Waals surface area (Å²) in [4.78, 5) is 24.6. The molecule has 1 aromatic rings. The number of benzene rings is 1. The molecule has 2 amide bonds. The molecule has 0 aliphatic heterocycles. The molecule has 0 saturated heterocycles. The fourth-order valence-electron chi connectivity index (χ4n) is 1.34. The predicted molar refractivity (Wildman–Crippen MR) is 73.8 cm³/mol. The summed E-state index contributed by atoms with van der Waals surface area (Å²) in [6.45, 7) is 0. The number of hydrogen-bond donors (Lipinski definition) is 3. The Labute approximate surface area is 124 Å². The van der Waals surface area contributed by atoms with E-state index in [1.54, 1.807) is 12.1 Å². The Bertz CT molecular complexity index is 643. The van der Waals surface area contributed by atoms with Gasteiger partial charge in [-0.05, 0) is 31.0 Å². The first-order valence-electron chi connectivity index (χ1n) is 5.77. The first-order chi connectivity index (χ1) is 9.38. The lowest BCUT2D eigenvalue weighted by Crippen LogP contribution is -2.48. The maximum atomic E-state index is 11.9. The van der Waals surface area contributed by atoms with Gasteiger partial charge in [-0.1, -0.05) is 22.0 Å². The fourth-order valence-corrected chi connectivity index (χ4v) is 2.78. The van der Waals surface area contributed by atoms with Crippen LogP contribution in [0.3, 0.4) is 0 Å². The molecule has 0 aromatic heterocycles. The van der Waals surface area contributed by atoms with E-state index in [4.69, 9.17) is 0 Å². The monoisotopic (exact) mass is 361 g/mol. The fraction of sp³-hybridized carbons (Fsp3) is 0.273. The Morgan fingerprint density at radius 3 is 2.50 bits per heavy atom. The van der Waals surface area contributed by atoms with Gasteiger partial charge >= 0.3 is 11.8 Å².